The monoisotopic (exact) mass is 195 g/mol. The molecule has 2 atom stereocenters. The molecule has 14 heavy (non-hydrogen) atoms. The van der Waals surface area contributed by atoms with Gasteiger partial charge in [0.25, 0.3) is 0 Å². The Morgan fingerprint density at radius 2 is 2.36 bits per heavy atom. The second-order valence-electron chi connectivity index (χ2n) is 4.09. The van der Waals surface area contributed by atoms with E-state index in [0.29, 0.717) is 17.7 Å². The summed E-state index contributed by atoms with van der Waals surface area (Å²) in [5.41, 5.74) is 8.01. The van der Waals surface area contributed by atoms with Gasteiger partial charge in [-0.05, 0) is 19.3 Å². The maximum atomic E-state index is 5.72. The van der Waals surface area contributed by atoms with E-state index in [4.69, 9.17) is 10.5 Å². The Balaban J connectivity index is 2.24. The topological polar surface area (TPSA) is 63.9 Å². The van der Waals surface area contributed by atoms with E-state index in [1.165, 1.54) is 5.69 Å². The summed E-state index contributed by atoms with van der Waals surface area (Å²) in [6.07, 6.45) is 1.06. The van der Waals surface area contributed by atoms with E-state index in [-0.39, 0.29) is 0 Å². The number of H-pyrrole nitrogens is 1. The number of nitrogens with two attached hydrogens (primary N) is 1. The Kier molecular flexibility index (Phi) is 2.46. The van der Waals surface area contributed by atoms with Gasteiger partial charge in [-0.3, -0.25) is 5.10 Å². The van der Waals surface area contributed by atoms with Gasteiger partial charge in [0.05, 0.1) is 0 Å². The number of aromatic amines is 1. The van der Waals surface area contributed by atoms with Gasteiger partial charge in [0, 0.05) is 30.4 Å². The first-order valence-corrected chi connectivity index (χ1v) is 5.08. The van der Waals surface area contributed by atoms with Crippen molar-refractivity contribution in [2.24, 2.45) is 5.92 Å². The normalized spacial score (nSPS) is 27.9. The van der Waals surface area contributed by atoms with Crippen molar-refractivity contribution in [3.8, 4) is 0 Å². The molecular weight excluding hydrogens is 178 g/mol. The van der Waals surface area contributed by atoms with Crippen LogP contribution in [0.1, 0.15) is 30.5 Å². The average Bonchev–Trinajstić information content (AvgIpc) is 2.49. The third-order valence-corrected chi connectivity index (χ3v) is 3.10. The Morgan fingerprint density at radius 3 is 2.93 bits per heavy atom. The van der Waals surface area contributed by atoms with Crippen molar-refractivity contribution in [1.82, 2.24) is 10.2 Å². The molecule has 0 aliphatic carbocycles. The number of rotatable bonds is 1. The van der Waals surface area contributed by atoms with Crippen LogP contribution in [0, 0.1) is 12.8 Å². The number of anilines is 1. The van der Waals surface area contributed by atoms with E-state index in [1.54, 1.807) is 0 Å². The largest absolute Gasteiger partial charge is 0.382 e. The van der Waals surface area contributed by atoms with E-state index < -0.39 is 0 Å². The highest BCUT2D eigenvalue weighted by molar-refractivity contribution is 5.42. The van der Waals surface area contributed by atoms with Crippen LogP contribution in [0.25, 0.3) is 0 Å². The third-order valence-electron chi connectivity index (χ3n) is 3.10. The maximum absolute atomic E-state index is 5.72. The average molecular weight is 195 g/mol. The highest BCUT2D eigenvalue weighted by Crippen LogP contribution is 2.33. The zero-order chi connectivity index (χ0) is 10.1. The molecule has 0 aromatic carbocycles. The molecule has 0 bridgehead atoms. The fourth-order valence-electron chi connectivity index (χ4n) is 2.10. The number of nitrogen functional groups attached to an aromatic ring is 1. The Bertz CT molecular complexity index is 321. The van der Waals surface area contributed by atoms with Crippen molar-refractivity contribution in [2.75, 3.05) is 18.9 Å². The van der Waals surface area contributed by atoms with E-state index >= 15 is 0 Å². The molecule has 4 heteroatoms. The second kappa shape index (κ2) is 3.61. The number of hydrogen-bond acceptors (Lipinski definition) is 3. The van der Waals surface area contributed by atoms with Crippen LogP contribution in [-0.2, 0) is 4.74 Å². The first-order valence-electron chi connectivity index (χ1n) is 5.08. The Morgan fingerprint density at radius 1 is 1.57 bits per heavy atom. The standard InChI is InChI=1S/C10H17N3O/c1-6-5-14-4-3-8(6)9-7(2)10(11)13-12-9/h6,8H,3-5H2,1-2H3,(H3,11,12,13). The smallest absolute Gasteiger partial charge is 0.148 e. The van der Waals surface area contributed by atoms with E-state index in [2.05, 4.69) is 17.1 Å². The summed E-state index contributed by atoms with van der Waals surface area (Å²) in [4.78, 5) is 0. The zero-order valence-electron chi connectivity index (χ0n) is 8.71. The highest BCUT2D eigenvalue weighted by atomic mass is 16.5. The summed E-state index contributed by atoms with van der Waals surface area (Å²) in [6.45, 7) is 5.91. The van der Waals surface area contributed by atoms with Gasteiger partial charge in [-0.25, -0.2) is 0 Å². The van der Waals surface area contributed by atoms with Crippen LogP contribution < -0.4 is 5.73 Å². The summed E-state index contributed by atoms with van der Waals surface area (Å²) >= 11 is 0. The molecule has 1 saturated heterocycles. The van der Waals surface area contributed by atoms with Crippen molar-refractivity contribution < 1.29 is 4.74 Å². The predicted octanol–water partition coefficient (Wildman–Crippen LogP) is 1.44. The van der Waals surface area contributed by atoms with E-state index in [0.717, 1.165) is 25.2 Å². The Labute approximate surface area is 83.8 Å². The van der Waals surface area contributed by atoms with Crippen LogP contribution >= 0.6 is 0 Å². The van der Waals surface area contributed by atoms with E-state index in [1.807, 2.05) is 6.92 Å². The molecule has 4 nitrogen and oxygen atoms in total. The van der Waals surface area contributed by atoms with Crippen LogP contribution in [0.4, 0.5) is 5.82 Å². The molecule has 0 amide bonds. The number of hydrogen-bond donors (Lipinski definition) is 2. The first kappa shape index (κ1) is 9.52. The second-order valence-corrected chi connectivity index (χ2v) is 4.09. The van der Waals surface area contributed by atoms with Gasteiger partial charge in [-0.1, -0.05) is 6.92 Å². The molecule has 1 aromatic heterocycles. The summed E-state index contributed by atoms with van der Waals surface area (Å²) in [7, 11) is 0. The van der Waals surface area contributed by atoms with Crippen molar-refractivity contribution in [1.29, 1.82) is 0 Å². The van der Waals surface area contributed by atoms with Crippen LogP contribution in [0.2, 0.25) is 0 Å². The van der Waals surface area contributed by atoms with Gasteiger partial charge in [0.15, 0.2) is 0 Å². The predicted molar refractivity (Wildman–Crippen MR) is 55.1 cm³/mol. The third kappa shape index (κ3) is 1.50. The van der Waals surface area contributed by atoms with Gasteiger partial charge in [0.1, 0.15) is 5.82 Å². The van der Waals surface area contributed by atoms with Crippen LogP contribution in [0.15, 0.2) is 0 Å². The van der Waals surface area contributed by atoms with Crippen LogP contribution in [0.5, 0.6) is 0 Å². The van der Waals surface area contributed by atoms with Crippen molar-refractivity contribution in [2.45, 2.75) is 26.2 Å². The minimum atomic E-state index is 0.522. The molecule has 2 rings (SSSR count). The highest BCUT2D eigenvalue weighted by Gasteiger charge is 2.26. The maximum Gasteiger partial charge on any atom is 0.148 e. The molecular formula is C10H17N3O. The molecule has 0 saturated carbocycles. The summed E-state index contributed by atoms with van der Waals surface area (Å²) in [6, 6.07) is 0. The zero-order valence-corrected chi connectivity index (χ0v) is 8.71. The molecule has 2 heterocycles. The lowest BCUT2D eigenvalue weighted by Crippen LogP contribution is -2.24. The van der Waals surface area contributed by atoms with Gasteiger partial charge in [-0.2, -0.15) is 5.10 Å². The summed E-state index contributed by atoms with van der Waals surface area (Å²) < 4.78 is 5.41. The molecule has 0 radical (unpaired) electrons. The van der Waals surface area contributed by atoms with Crippen LogP contribution in [0.3, 0.4) is 0 Å². The van der Waals surface area contributed by atoms with Gasteiger partial charge in [0.2, 0.25) is 0 Å². The fraction of sp³-hybridized carbons (Fsp3) is 0.700. The fourth-order valence-corrected chi connectivity index (χ4v) is 2.10. The lowest BCUT2D eigenvalue weighted by Gasteiger charge is -2.28. The van der Waals surface area contributed by atoms with Crippen molar-refractivity contribution in [3.05, 3.63) is 11.3 Å². The quantitative estimate of drug-likeness (QED) is 0.712. The van der Waals surface area contributed by atoms with Crippen molar-refractivity contribution in [3.63, 3.8) is 0 Å². The number of nitrogens with one attached hydrogen (secondary N) is 1. The lowest BCUT2D eigenvalue weighted by molar-refractivity contribution is 0.0462. The first-order chi connectivity index (χ1) is 6.70. The van der Waals surface area contributed by atoms with Gasteiger partial charge >= 0.3 is 0 Å². The molecule has 1 aromatic rings. The molecule has 1 aliphatic rings. The minimum Gasteiger partial charge on any atom is -0.382 e. The molecule has 0 spiro atoms. The number of aromatic nitrogens is 2. The summed E-state index contributed by atoms with van der Waals surface area (Å²) in [5, 5.41) is 7.08. The molecule has 78 valence electrons. The lowest BCUT2D eigenvalue weighted by atomic mass is 9.86. The molecule has 2 unspecified atom stereocenters. The molecule has 1 fully saturated rings. The van der Waals surface area contributed by atoms with E-state index in [9.17, 15) is 0 Å². The summed E-state index contributed by atoms with van der Waals surface area (Å²) in [5.74, 6) is 1.69. The minimum absolute atomic E-state index is 0.522. The number of nitrogens with zero attached hydrogens (tertiary/aromatic N) is 1. The number of ether oxygens (including phenoxy) is 1. The SMILES string of the molecule is Cc1c(N)n[nH]c1C1CCOCC1C. The Hall–Kier alpha value is -1.03. The van der Waals surface area contributed by atoms with Crippen LogP contribution in [-0.4, -0.2) is 23.4 Å². The van der Waals surface area contributed by atoms with Crippen molar-refractivity contribution >= 4 is 5.82 Å². The van der Waals surface area contributed by atoms with Gasteiger partial charge in [-0.15, -0.1) is 0 Å². The molecule has 3 N–H and O–H groups in total. The van der Waals surface area contributed by atoms with Gasteiger partial charge < -0.3 is 10.5 Å². The molecule has 1 aliphatic heterocycles.